The minimum atomic E-state index is -0.654. The van der Waals surface area contributed by atoms with Crippen LogP contribution in [0.3, 0.4) is 0 Å². The van der Waals surface area contributed by atoms with Gasteiger partial charge in [0.05, 0.1) is 27.6 Å². The molecular formula is C74H46N2O2. The first-order valence-electron chi connectivity index (χ1n) is 26.9. The summed E-state index contributed by atoms with van der Waals surface area (Å²) in [6.45, 7) is 0. The highest BCUT2D eigenvalue weighted by Crippen LogP contribution is 2.66. The Balaban J connectivity index is 0.945. The topological polar surface area (TPSA) is 26.6 Å². The molecule has 4 nitrogen and oxygen atoms in total. The van der Waals surface area contributed by atoms with Gasteiger partial charge in [0.2, 0.25) is 0 Å². The summed E-state index contributed by atoms with van der Waals surface area (Å²) < 4.78 is 16.0. The standard InChI is InChI=1S/C74H46N2O2/c1-2-21-49(22-3-1)76-65-34-13-6-25-54(65)55-42-40-48(45-67(55)76)47-20-18-23-50(44-47)75(51-41-43-53-52-24-4-7-27-57(52)74(64(53)46-51)61-31-11-16-38-70(61)78-71-39-17-12-32-62(71)74)66-35-19-33-63-72(66)56-26-5-8-28-58(56)73(63)59-29-9-14-36-68(59)77-69-37-15-10-30-60(69)73/h1-46H. The molecule has 0 N–H and O–H groups in total. The van der Waals surface area contributed by atoms with E-state index in [1.807, 2.05) is 0 Å². The smallest absolute Gasteiger partial charge is 0.132 e. The van der Waals surface area contributed by atoms with Crippen molar-refractivity contribution in [1.29, 1.82) is 0 Å². The van der Waals surface area contributed by atoms with Crippen molar-refractivity contribution >= 4 is 38.9 Å². The first-order valence-corrected chi connectivity index (χ1v) is 26.9. The Bertz CT molecular complexity index is 4570. The van der Waals surface area contributed by atoms with Crippen molar-refractivity contribution in [2.75, 3.05) is 4.90 Å². The molecule has 364 valence electrons. The number of para-hydroxylation sites is 6. The quantitative estimate of drug-likeness (QED) is 0.172. The third kappa shape index (κ3) is 5.68. The fraction of sp³-hybridized carbons (Fsp3) is 0.0270. The van der Waals surface area contributed by atoms with E-state index in [1.165, 1.54) is 66.3 Å². The minimum absolute atomic E-state index is 0.646. The van der Waals surface area contributed by atoms with Crippen molar-refractivity contribution in [3.63, 3.8) is 0 Å². The van der Waals surface area contributed by atoms with E-state index in [1.54, 1.807) is 0 Å². The Morgan fingerprint density at radius 2 is 0.782 bits per heavy atom. The Morgan fingerprint density at radius 3 is 1.46 bits per heavy atom. The van der Waals surface area contributed by atoms with Crippen molar-refractivity contribution in [1.82, 2.24) is 4.57 Å². The Labute approximate surface area is 451 Å². The lowest BCUT2D eigenvalue weighted by Crippen LogP contribution is -2.32. The average Bonchev–Trinajstić information content (AvgIpc) is 4.31. The number of nitrogens with zero attached hydrogens (tertiary/aromatic N) is 2. The fourth-order valence-electron chi connectivity index (χ4n) is 14.3. The van der Waals surface area contributed by atoms with Gasteiger partial charge in [0.15, 0.2) is 0 Å². The van der Waals surface area contributed by atoms with E-state index < -0.39 is 10.8 Å². The molecule has 2 spiro atoms. The molecule has 12 aromatic carbocycles. The highest BCUT2D eigenvalue weighted by atomic mass is 16.5. The van der Waals surface area contributed by atoms with Gasteiger partial charge in [-0.1, -0.05) is 200 Å². The summed E-state index contributed by atoms with van der Waals surface area (Å²) in [5.74, 6) is 3.49. The molecule has 0 unspecified atom stereocenters. The summed E-state index contributed by atoms with van der Waals surface area (Å²) >= 11 is 0. The Hall–Kier alpha value is -10.2. The number of anilines is 3. The number of benzene rings is 12. The van der Waals surface area contributed by atoms with Crippen LogP contribution in [-0.4, -0.2) is 4.57 Å². The maximum absolute atomic E-state index is 6.81. The van der Waals surface area contributed by atoms with Crippen LogP contribution in [0.4, 0.5) is 17.1 Å². The molecule has 0 saturated heterocycles. The van der Waals surface area contributed by atoms with Gasteiger partial charge in [0, 0.05) is 55.7 Å². The van der Waals surface area contributed by atoms with Crippen molar-refractivity contribution < 1.29 is 9.47 Å². The molecule has 17 rings (SSSR count). The predicted octanol–water partition coefficient (Wildman–Crippen LogP) is 18.9. The summed E-state index contributed by atoms with van der Waals surface area (Å²) in [5, 5.41) is 2.46. The predicted molar refractivity (Wildman–Crippen MR) is 316 cm³/mol. The van der Waals surface area contributed by atoms with Gasteiger partial charge in [-0.3, -0.25) is 0 Å². The van der Waals surface area contributed by atoms with Crippen LogP contribution in [0.5, 0.6) is 23.0 Å². The second kappa shape index (κ2) is 16.2. The number of hydrogen-bond donors (Lipinski definition) is 0. The summed E-state index contributed by atoms with van der Waals surface area (Å²) in [5.41, 5.74) is 22.0. The first-order chi connectivity index (χ1) is 38.7. The van der Waals surface area contributed by atoms with Gasteiger partial charge in [-0.05, 0) is 129 Å². The highest BCUT2D eigenvalue weighted by Gasteiger charge is 2.53. The van der Waals surface area contributed by atoms with Crippen LogP contribution in [0.25, 0.3) is 60.9 Å². The lowest BCUT2D eigenvalue weighted by atomic mass is 9.66. The summed E-state index contributed by atoms with van der Waals surface area (Å²) in [4.78, 5) is 2.53. The molecule has 0 fully saturated rings. The third-order valence-corrected chi connectivity index (χ3v) is 17.3. The van der Waals surface area contributed by atoms with E-state index in [9.17, 15) is 0 Å². The van der Waals surface area contributed by atoms with Gasteiger partial charge in [-0.2, -0.15) is 0 Å². The molecule has 13 aromatic rings. The zero-order valence-electron chi connectivity index (χ0n) is 42.3. The highest BCUT2D eigenvalue weighted by molar-refractivity contribution is 6.10. The molecule has 0 atom stereocenters. The molecule has 2 aliphatic carbocycles. The molecule has 4 heteroatoms. The average molecular weight is 995 g/mol. The normalized spacial score (nSPS) is 14.1. The van der Waals surface area contributed by atoms with Crippen LogP contribution in [0.15, 0.2) is 279 Å². The zero-order chi connectivity index (χ0) is 51.1. The molecule has 0 saturated carbocycles. The fourth-order valence-corrected chi connectivity index (χ4v) is 14.3. The van der Waals surface area contributed by atoms with Crippen molar-refractivity contribution in [3.05, 3.63) is 324 Å². The molecule has 4 aliphatic rings. The minimum Gasteiger partial charge on any atom is -0.457 e. The molecule has 0 amide bonds. The van der Waals surface area contributed by atoms with Crippen LogP contribution in [0, 0.1) is 0 Å². The molecular weight excluding hydrogens is 949 g/mol. The molecule has 3 heterocycles. The Morgan fingerprint density at radius 1 is 0.295 bits per heavy atom. The first kappa shape index (κ1) is 43.1. The zero-order valence-corrected chi connectivity index (χ0v) is 42.3. The summed E-state index contributed by atoms with van der Waals surface area (Å²) in [7, 11) is 0. The van der Waals surface area contributed by atoms with Crippen LogP contribution in [-0.2, 0) is 10.8 Å². The summed E-state index contributed by atoms with van der Waals surface area (Å²) in [6, 6.07) is 102. The van der Waals surface area contributed by atoms with E-state index in [2.05, 4.69) is 289 Å². The third-order valence-electron chi connectivity index (χ3n) is 17.3. The number of rotatable bonds is 5. The number of aromatic nitrogens is 1. The molecule has 2 aliphatic heterocycles. The second-order valence-corrected chi connectivity index (χ2v) is 21.0. The number of fused-ring (bicyclic) bond motifs is 21. The molecule has 0 bridgehead atoms. The molecule has 0 radical (unpaired) electrons. The van der Waals surface area contributed by atoms with E-state index in [0.717, 1.165) is 79.1 Å². The van der Waals surface area contributed by atoms with Gasteiger partial charge in [0.1, 0.15) is 23.0 Å². The van der Waals surface area contributed by atoms with Gasteiger partial charge >= 0.3 is 0 Å². The molecule has 78 heavy (non-hydrogen) atoms. The van der Waals surface area contributed by atoms with E-state index in [-0.39, 0.29) is 0 Å². The van der Waals surface area contributed by atoms with Crippen LogP contribution in [0.1, 0.15) is 44.5 Å². The van der Waals surface area contributed by atoms with E-state index in [4.69, 9.17) is 9.47 Å². The van der Waals surface area contributed by atoms with Crippen LogP contribution in [0.2, 0.25) is 0 Å². The number of hydrogen-bond acceptors (Lipinski definition) is 3. The van der Waals surface area contributed by atoms with Gasteiger partial charge in [-0.25, -0.2) is 0 Å². The lowest BCUT2D eigenvalue weighted by Gasteiger charge is -2.40. The lowest BCUT2D eigenvalue weighted by molar-refractivity contribution is 0.436. The second-order valence-electron chi connectivity index (χ2n) is 21.0. The maximum atomic E-state index is 6.81. The van der Waals surface area contributed by atoms with Crippen molar-refractivity contribution in [2.24, 2.45) is 0 Å². The van der Waals surface area contributed by atoms with Gasteiger partial charge in [0.25, 0.3) is 0 Å². The van der Waals surface area contributed by atoms with Crippen LogP contribution >= 0.6 is 0 Å². The largest absolute Gasteiger partial charge is 0.457 e. The van der Waals surface area contributed by atoms with E-state index >= 15 is 0 Å². The number of ether oxygens (including phenoxy) is 2. The van der Waals surface area contributed by atoms with Gasteiger partial charge < -0.3 is 18.9 Å². The van der Waals surface area contributed by atoms with E-state index in [0.29, 0.717) is 0 Å². The summed E-state index contributed by atoms with van der Waals surface area (Å²) in [6.07, 6.45) is 0. The maximum Gasteiger partial charge on any atom is 0.132 e. The van der Waals surface area contributed by atoms with Crippen LogP contribution < -0.4 is 14.4 Å². The van der Waals surface area contributed by atoms with Crippen molar-refractivity contribution in [3.8, 4) is 62.1 Å². The Kier molecular flexibility index (Phi) is 8.94. The van der Waals surface area contributed by atoms with Gasteiger partial charge in [-0.15, -0.1) is 0 Å². The van der Waals surface area contributed by atoms with Crippen molar-refractivity contribution in [2.45, 2.75) is 10.8 Å². The monoisotopic (exact) mass is 994 g/mol. The molecule has 1 aromatic heterocycles. The SMILES string of the molecule is c1ccc(-n2c3ccccc3c3ccc(-c4cccc(N(c5ccc6c(c5)C5(c7ccccc7Oc7ccccc75)c5ccccc5-6)c5cccc6c5-c5ccccc5C65c6ccccc6Oc6ccccc65)c4)cc32)cc1.